The molecule has 1 aromatic carbocycles. The van der Waals surface area contributed by atoms with E-state index in [4.69, 9.17) is 0 Å². The van der Waals surface area contributed by atoms with Crippen LogP contribution in [0, 0.1) is 5.41 Å². The van der Waals surface area contributed by atoms with Crippen molar-refractivity contribution >= 4 is 16.0 Å². The van der Waals surface area contributed by atoms with Gasteiger partial charge in [-0.2, -0.15) is 0 Å². The summed E-state index contributed by atoms with van der Waals surface area (Å²) in [4.78, 5) is 11.6. The molecule has 5 nitrogen and oxygen atoms in total. The Hall–Kier alpha value is -1.40. The first kappa shape index (κ1) is 15.0. The Balaban J connectivity index is 2.23. The van der Waals surface area contributed by atoms with Crippen molar-refractivity contribution in [1.82, 2.24) is 4.72 Å². The minimum atomic E-state index is -3.70. The fraction of sp³-hybridized carbons (Fsp3) is 0.500. The molecule has 20 heavy (non-hydrogen) atoms. The fourth-order valence-electron chi connectivity index (χ4n) is 2.14. The Labute approximate surface area is 119 Å². The van der Waals surface area contributed by atoms with Gasteiger partial charge in [-0.3, -0.25) is 0 Å². The zero-order chi connectivity index (χ0) is 14.8. The lowest BCUT2D eigenvalue weighted by atomic mass is 10.1. The number of nitrogens with one attached hydrogen (secondary N) is 1. The fourth-order valence-corrected chi connectivity index (χ4v) is 3.49. The molecular formula is C14H19NO4S. The van der Waals surface area contributed by atoms with Crippen LogP contribution in [0.25, 0.3) is 0 Å². The lowest BCUT2D eigenvalue weighted by Crippen LogP contribution is -2.31. The maximum atomic E-state index is 12.3. The average Bonchev–Trinajstić information content (AvgIpc) is 3.25. The van der Waals surface area contributed by atoms with E-state index in [2.05, 4.69) is 16.4 Å². The summed E-state index contributed by atoms with van der Waals surface area (Å²) in [6.07, 6.45) is 3.05. The minimum Gasteiger partial charge on any atom is -0.465 e. The first-order valence-electron chi connectivity index (χ1n) is 6.61. The molecule has 1 aromatic rings. The van der Waals surface area contributed by atoms with Crippen molar-refractivity contribution in [3.8, 4) is 0 Å². The second-order valence-corrected chi connectivity index (χ2v) is 6.90. The third-order valence-electron chi connectivity index (χ3n) is 3.93. The van der Waals surface area contributed by atoms with E-state index in [0.717, 1.165) is 19.3 Å². The zero-order valence-corrected chi connectivity index (χ0v) is 12.5. The molecule has 0 spiro atoms. The van der Waals surface area contributed by atoms with E-state index in [1.54, 1.807) is 12.1 Å². The van der Waals surface area contributed by atoms with E-state index >= 15 is 0 Å². The Bertz CT molecular complexity index is 605. The molecule has 0 saturated heterocycles. The summed E-state index contributed by atoms with van der Waals surface area (Å²) in [6, 6.07) is 6.07. The van der Waals surface area contributed by atoms with Gasteiger partial charge in [0.05, 0.1) is 17.6 Å². The molecule has 1 N–H and O–H groups in total. The Morgan fingerprint density at radius 2 is 2.00 bits per heavy atom. The lowest BCUT2D eigenvalue weighted by molar-refractivity contribution is 0.0596. The summed E-state index contributed by atoms with van der Waals surface area (Å²) in [5.41, 5.74) is 0.164. The predicted octanol–water partition coefficient (Wildman–Crippen LogP) is 1.94. The molecule has 110 valence electrons. The number of carbonyl (C=O) groups is 1. The Morgan fingerprint density at radius 1 is 1.35 bits per heavy atom. The van der Waals surface area contributed by atoms with E-state index in [0.29, 0.717) is 6.54 Å². The highest BCUT2D eigenvalue weighted by Gasteiger charge is 2.41. The highest BCUT2D eigenvalue weighted by molar-refractivity contribution is 7.89. The molecule has 0 heterocycles. The van der Waals surface area contributed by atoms with Crippen LogP contribution in [0.2, 0.25) is 0 Å². The average molecular weight is 297 g/mol. The normalized spacial score (nSPS) is 16.7. The summed E-state index contributed by atoms with van der Waals surface area (Å²) in [6.45, 7) is 2.48. The van der Waals surface area contributed by atoms with Crippen LogP contribution >= 0.6 is 0 Å². The number of methoxy groups -OCH3 is 1. The molecule has 2 rings (SSSR count). The van der Waals surface area contributed by atoms with Gasteiger partial charge >= 0.3 is 5.97 Å². The second kappa shape index (κ2) is 5.54. The molecule has 0 atom stereocenters. The summed E-state index contributed by atoms with van der Waals surface area (Å²) in [5, 5.41) is 0. The zero-order valence-electron chi connectivity index (χ0n) is 11.7. The number of ether oxygens (including phenoxy) is 1. The van der Waals surface area contributed by atoms with Gasteiger partial charge in [0.2, 0.25) is 10.0 Å². The first-order chi connectivity index (χ1) is 9.44. The van der Waals surface area contributed by atoms with Crippen LogP contribution in [-0.4, -0.2) is 28.0 Å². The molecule has 0 radical (unpaired) electrons. The summed E-state index contributed by atoms with van der Waals surface area (Å²) >= 11 is 0. The molecule has 0 aromatic heterocycles. The van der Waals surface area contributed by atoms with Crippen molar-refractivity contribution in [2.75, 3.05) is 13.7 Å². The van der Waals surface area contributed by atoms with Gasteiger partial charge < -0.3 is 4.74 Å². The van der Waals surface area contributed by atoms with Crippen LogP contribution in [0.4, 0.5) is 0 Å². The quantitative estimate of drug-likeness (QED) is 0.814. The van der Waals surface area contributed by atoms with Gasteiger partial charge in [-0.25, -0.2) is 17.9 Å². The maximum absolute atomic E-state index is 12.3. The molecule has 1 aliphatic carbocycles. The highest BCUT2D eigenvalue weighted by Crippen LogP contribution is 2.48. The number of esters is 1. The van der Waals surface area contributed by atoms with Gasteiger partial charge in [0.25, 0.3) is 0 Å². The molecule has 0 amide bonds. The lowest BCUT2D eigenvalue weighted by Gasteiger charge is -2.15. The van der Waals surface area contributed by atoms with E-state index < -0.39 is 16.0 Å². The molecule has 0 aliphatic heterocycles. The number of benzene rings is 1. The van der Waals surface area contributed by atoms with Gasteiger partial charge in [-0.05, 0) is 36.8 Å². The summed E-state index contributed by atoms with van der Waals surface area (Å²) in [7, 11) is -2.47. The van der Waals surface area contributed by atoms with Crippen molar-refractivity contribution in [1.29, 1.82) is 0 Å². The third kappa shape index (κ3) is 3.02. The smallest absolute Gasteiger partial charge is 0.339 e. The predicted molar refractivity (Wildman–Crippen MR) is 74.9 cm³/mol. The maximum Gasteiger partial charge on any atom is 0.339 e. The minimum absolute atomic E-state index is 0.0289. The van der Waals surface area contributed by atoms with Gasteiger partial charge in [0.15, 0.2) is 0 Å². The summed E-state index contributed by atoms with van der Waals surface area (Å²) < 4.78 is 31.9. The number of hydrogen-bond acceptors (Lipinski definition) is 4. The van der Waals surface area contributed by atoms with E-state index in [9.17, 15) is 13.2 Å². The van der Waals surface area contributed by atoms with Crippen molar-refractivity contribution in [2.24, 2.45) is 5.41 Å². The largest absolute Gasteiger partial charge is 0.465 e. The van der Waals surface area contributed by atoms with Crippen LogP contribution in [0.5, 0.6) is 0 Å². The second-order valence-electron chi connectivity index (χ2n) is 5.17. The highest BCUT2D eigenvalue weighted by atomic mass is 32.2. The number of carbonyl (C=O) groups excluding carboxylic acids is 1. The van der Waals surface area contributed by atoms with E-state index in [-0.39, 0.29) is 15.9 Å². The number of sulfonamides is 1. The monoisotopic (exact) mass is 297 g/mol. The van der Waals surface area contributed by atoms with Crippen LogP contribution in [-0.2, 0) is 14.8 Å². The topological polar surface area (TPSA) is 72.5 Å². The SMILES string of the molecule is CCC1(CNS(=O)(=O)c2ccccc2C(=O)OC)CC1. The molecule has 1 aliphatic rings. The first-order valence-corrected chi connectivity index (χ1v) is 8.09. The van der Waals surface area contributed by atoms with Crippen molar-refractivity contribution in [3.05, 3.63) is 29.8 Å². The number of hydrogen-bond donors (Lipinski definition) is 1. The standard InChI is InChI=1S/C14H19NO4S/c1-3-14(8-9-14)10-15-20(17,18)12-7-5-4-6-11(12)13(16)19-2/h4-7,15H,3,8-10H2,1-2H3. The molecule has 1 saturated carbocycles. The van der Waals surface area contributed by atoms with Crippen molar-refractivity contribution in [3.63, 3.8) is 0 Å². The van der Waals surface area contributed by atoms with Gasteiger partial charge in [-0.1, -0.05) is 19.1 Å². The van der Waals surface area contributed by atoms with E-state index in [1.807, 2.05) is 0 Å². The number of rotatable bonds is 6. The summed E-state index contributed by atoms with van der Waals surface area (Å²) in [5.74, 6) is -0.650. The Morgan fingerprint density at radius 3 is 2.55 bits per heavy atom. The Kier molecular flexibility index (Phi) is 4.15. The molecular weight excluding hydrogens is 278 g/mol. The van der Waals surface area contributed by atoms with E-state index in [1.165, 1.54) is 19.2 Å². The van der Waals surface area contributed by atoms with Crippen molar-refractivity contribution < 1.29 is 17.9 Å². The van der Waals surface area contributed by atoms with Gasteiger partial charge in [-0.15, -0.1) is 0 Å². The molecule has 0 bridgehead atoms. The van der Waals surface area contributed by atoms with Gasteiger partial charge in [0.1, 0.15) is 0 Å². The van der Waals surface area contributed by atoms with Crippen LogP contribution in [0.3, 0.4) is 0 Å². The van der Waals surface area contributed by atoms with Crippen LogP contribution in [0.15, 0.2) is 29.2 Å². The van der Waals surface area contributed by atoms with Gasteiger partial charge in [0, 0.05) is 6.54 Å². The molecule has 6 heteroatoms. The molecule has 0 unspecified atom stereocenters. The third-order valence-corrected chi connectivity index (χ3v) is 5.39. The van der Waals surface area contributed by atoms with Crippen LogP contribution < -0.4 is 4.72 Å². The van der Waals surface area contributed by atoms with Crippen LogP contribution in [0.1, 0.15) is 36.5 Å². The van der Waals surface area contributed by atoms with Crippen molar-refractivity contribution in [2.45, 2.75) is 31.1 Å². The molecule has 1 fully saturated rings.